The molecule has 1 aromatic heterocycles. The first-order valence-corrected chi connectivity index (χ1v) is 7.68. The number of anilines is 1. The summed E-state index contributed by atoms with van der Waals surface area (Å²) < 4.78 is 23.6. The molecule has 6 heteroatoms. The molecule has 16 heavy (non-hydrogen) atoms. The van der Waals surface area contributed by atoms with E-state index < -0.39 is 9.84 Å². The lowest BCUT2D eigenvalue weighted by atomic mass is 10.3. The van der Waals surface area contributed by atoms with E-state index in [-0.39, 0.29) is 11.5 Å². The highest BCUT2D eigenvalue weighted by atomic mass is 79.9. The van der Waals surface area contributed by atoms with E-state index in [1.54, 1.807) is 0 Å². The van der Waals surface area contributed by atoms with Gasteiger partial charge in [-0.15, -0.1) is 0 Å². The van der Waals surface area contributed by atoms with Gasteiger partial charge in [0.05, 0.1) is 17.2 Å². The Labute approximate surface area is 104 Å². The fourth-order valence-electron chi connectivity index (χ4n) is 1.65. The molecule has 0 amide bonds. The maximum atomic E-state index is 11.3. The summed E-state index contributed by atoms with van der Waals surface area (Å²) >= 11 is 3.39. The Morgan fingerprint density at radius 2 is 1.94 bits per heavy atom. The molecular weight excluding hydrogens is 292 g/mol. The first-order chi connectivity index (χ1) is 7.48. The Balaban J connectivity index is 2.17. The molecule has 0 atom stereocenters. The van der Waals surface area contributed by atoms with Crippen molar-refractivity contribution < 1.29 is 8.42 Å². The second kappa shape index (κ2) is 4.33. The van der Waals surface area contributed by atoms with Gasteiger partial charge in [0.25, 0.3) is 0 Å². The lowest BCUT2D eigenvalue weighted by Crippen LogP contribution is -2.40. The molecule has 0 saturated carbocycles. The van der Waals surface area contributed by atoms with Gasteiger partial charge in [-0.25, -0.2) is 13.4 Å². The summed E-state index contributed by atoms with van der Waals surface area (Å²) in [6.07, 6.45) is 0. The second-order valence-corrected chi connectivity index (χ2v) is 7.03. The van der Waals surface area contributed by atoms with Crippen molar-refractivity contribution in [3.05, 3.63) is 22.3 Å². The third-order valence-electron chi connectivity index (χ3n) is 2.68. The molecule has 0 bridgehead atoms. The van der Waals surface area contributed by atoms with E-state index in [1.807, 2.05) is 24.0 Å². The molecule has 2 heterocycles. The van der Waals surface area contributed by atoms with E-state index in [2.05, 4.69) is 20.9 Å². The molecule has 1 fully saturated rings. The zero-order valence-corrected chi connectivity index (χ0v) is 11.4. The number of aryl methyl sites for hydroxylation is 1. The van der Waals surface area contributed by atoms with E-state index in [0.29, 0.717) is 13.1 Å². The SMILES string of the molecule is Cc1nc(N2CCS(=O)(=O)CC2)ccc1Br. The lowest BCUT2D eigenvalue weighted by Gasteiger charge is -2.27. The summed E-state index contributed by atoms with van der Waals surface area (Å²) in [5.41, 5.74) is 0.922. The monoisotopic (exact) mass is 304 g/mol. The van der Waals surface area contributed by atoms with Crippen molar-refractivity contribution in [2.24, 2.45) is 0 Å². The lowest BCUT2D eigenvalue weighted by molar-refractivity contribution is 0.586. The van der Waals surface area contributed by atoms with E-state index in [0.717, 1.165) is 16.0 Å². The van der Waals surface area contributed by atoms with Gasteiger partial charge in [-0.1, -0.05) is 0 Å². The predicted octanol–water partition coefficient (Wildman–Crippen LogP) is 1.39. The van der Waals surface area contributed by atoms with Gasteiger partial charge in [-0.05, 0) is 35.0 Å². The Morgan fingerprint density at radius 3 is 2.50 bits per heavy atom. The van der Waals surface area contributed by atoms with Crippen molar-refractivity contribution in [3.63, 3.8) is 0 Å². The van der Waals surface area contributed by atoms with Gasteiger partial charge in [0.1, 0.15) is 5.82 Å². The fraction of sp³-hybridized carbons (Fsp3) is 0.500. The van der Waals surface area contributed by atoms with Gasteiger partial charge in [-0.3, -0.25) is 0 Å². The molecule has 1 aromatic rings. The topological polar surface area (TPSA) is 50.3 Å². The van der Waals surface area contributed by atoms with Crippen LogP contribution in [0.2, 0.25) is 0 Å². The first-order valence-electron chi connectivity index (χ1n) is 5.06. The molecule has 0 N–H and O–H groups in total. The summed E-state index contributed by atoms with van der Waals surface area (Å²) in [6, 6.07) is 3.86. The molecule has 1 saturated heterocycles. The van der Waals surface area contributed by atoms with Crippen LogP contribution in [0.15, 0.2) is 16.6 Å². The van der Waals surface area contributed by atoms with Crippen molar-refractivity contribution in [2.45, 2.75) is 6.92 Å². The molecule has 88 valence electrons. The van der Waals surface area contributed by atoms with Crippen LogP contribution in [0, 0.1) is 6.92 Å². The van der Waals surface area contributed by atoms with Crippen molar-refractivity contribution >= 4 is 31.6 Å². The molecule has 1 aliphatic heterocycles. The summed E-state index contributed by atoms with van der Waals surface area (Å²) in [7, 11) is -2.82. The predicted molar refractivity (Wildman–Crippen MR) is 67.5 cm³/mol. The average Bonchev–Trinajstić information content (AvgIpc) is 2.22. The van der Waals surface area contributed by atoms with Crippen LogP contribution in [-0.2, 0) is 9.84 Å². The van der Waals surface area contributed by atoms with E-state index in [4.69, 9.17) is 0 Å². The first kappa shape index (κ1) is 11.9. The molecule has 0 aliphatic carbocycles. The van der Waals surface area contributed by atoms with Crippen molar-refractivity contribution in [2.75, 3.05) is 29.5 Å². The Bertz CT molecular complexity index is 488. The smallest absolute Gasteiger partial charge is 0.153 e. The minimum absolute atomic E-state index is 0.226. The molecule has 0 spiro atoms. The summed E-state index contributed by atoms with van der Waals surface area (Å²) in [4.78, 5) is 6.44. The van der Waals surface area contributed by atoms with Gasteiger partial charge in [0.15, 0.2) is 9.84 Å². The number of sulfone groups is 1. The number of halogens is 1. The second-order valence-electron chi connectivity index (χ2n) is 3.88. The summed E-state index contributed by atoms with van der Waals surface area (Å²) in [5, 5.41) is 0. The largest absolute Gasteiger partial charge is 0.355 e. The quantitative estimate of drug-likeness (QED) is 0.787. The van der Waals surface area contributed by atoms with Crippen LogP contribution in [-0.4, -0.2) is 38.0 Å². The number of hydrogen-bond donors (Lipinski definition) is 0. The van der Waals surface area contributed by atoms with Crippen LogP contribution in [0.4, 0.5) is 5.82 Å². The van der Waals surface area contributed by atoms with Crippen LogP contribution in [0.3, 0.4) is 0 Å². The molecule has 4 nitrogen and oxygen atoms in total. The van der Waals surface area contributed by atoms with Gasteiger partial charge in [-0.2, -0.15) is 0 Å². The highest BCUT2D eigenvalue weighted by Crippen LogP contribution is 2.20. The maximum absolute atomic E-state index is 11.3. The normalized spacial score (nSPS) is 19.8. The van der Waals surface area contributed by atoms with Gasteiger partial charge < -0.3 is 4.90 Å². The number of aromatic nitrogens is 1. The molecule has 0 radical (unpaired) electrons. The zero-order valence-electron chi connectivity index (χ0n) is 8.98. The molecule has 1 aliphatic rings. The van der Waals surface area contributed by atoms with Gasteiger partial charge >= 0.3 is 0 Å². The zero-order chi connectivity index (χ0) is 11.8. The van der Waals surface area contributed by atoms with Crippen LogP contribution >= 0.6 is 15.9 Å². The molecule has 2 rings (SSSR count). The standard InChI is InChI=1S/C10H13BrN2O2S/c1-8-9(11)2-3-10(12-8)13-4-6-16(14,15)7-5-13/h2-3H,4-7H2,1H3. The van der Waals surface area contributed by atoms with Crippen LogP contribution in [0.1, 0.15) is 5.69 Å². The summed E-state index contributed by atoms with van der Waals surface area (Å²) in [5.74, 6) is 1.31. The highest BCUT2D eigenvalue weighted by molar-refractivity contribution is 9.10. The third-order valence-corrected chi connectivity index (χ3v) is 5.12. The highest BCUT2D eigenvalue weighted by Gasteiger charge is 2.22. The van der Waals surface area contributed by atoms with Crippen molar-refractivity contribution in [1.82, 2.24) is 4.98 Å². The number of pyridine rings is 1. The van der Waals surface area contributed by atoms with Crippen molar-refractivity contribution in [3.8, 4) is 0 Å². The number of nitrogens with zero attached hydrogens (tertiary/aromatic N) is 2. The Kier molecular flexibility index (Phi) is 3.21. The van der Waals surface area contributed by atoms with Crippen LogP contribution < -0.4 is 4.90 Å². The molecule has 0 unspecified atom stereocenters. The van der Waals surface area contributed by atoms with Crippen molar-refractivity contribution in [1.29, 1.82) is 0 Å². The molecular formula is C10H13BrN2O2S. The van der Waals surface area contributed by atoms with Gasteiger partial charge in [0, 0.05) is 17.6 Å². The van der Waals surface area contributed by atoms with E-state index >= 15 is 0 Å². The van der Waals surface area contributed by atoms with E-state index in [9.17, 15) is 8.42 Å². The summed E-state index contributed by atoms with van der Waals surface area (Å²) in [6.45, 7) is 3.00. The van der Waals surface area contributed by atoms with Crippen LogP contribution in [0.5, 0.6) is 0 Å². The van der Waals surface area contributed by atoms with Crippen LogP contribution in [0.25, 0.3) is 0 Å². The number of rotatable bonds is 1. The fourth-order valence-corrected chi connectivity index (χ4v) is 3.07. The Morgan fingerprint density at radius 1 is 1.31 bits per heavy atom. The number of hydrogen-bond acceptors (Lipinski definition) is 4. The minimum atomic E-state index is -2.82. The van der Waals surface area contributed by atoms with E-state index in [1.165, 1.54) is 0 Å². The third kappa shape index (κ3) is 2.55. The minimum Gasteiger partial charge on any atom is -0.355 e. The Hall–Kier alpha value is -0.620. The maximum Gasteiger partial charge on any atom is 0.153 e. The average molecular weight is 305 g/mol. The molecule has 0 aromatic carbocycles. The van der Waals surface area contributed by atoms with Gasteiger partial charge in [0.2, 0.25) is 0 Å².